The van der Waals surface area contributed by atoms with Gasteiger partial charge in [-0.05, 0) is 75.9 Å². The first-order valence-electron chi connectivity index (χ1n) is 14.7. The normalized spacial score (nSPS) is 13.1. The van der Waals surface area contributed by atoms with Crippen LogP contribution in [0.2, 0.25) is 0 Å². The fourth-order valence-corrected chi connectivity index (χ4v) is 8.27. The molecule has 212 valence electrons. The van der Waals surface area contributed by atoms with E-state index in [2.05, 4.69) is 76.2 Å². The Bertz CT molecular complexity index is 1980. The van der Waals surface area contributed by atoms with Crippen molar-refractivity contribution in [3.63, 3.8) is 0 Å². The van der Waals surface area contributed by atoms with E-state index in [9.17, 15) is 9.59 Å². The number of anilines is 1. The highest BCUT2D eigenvalue weighted by atomic mass is 32.1. The van der Waals surface area contributed by atoms with Crippen molar-refractivity contribution in [2.24, 2.45) is 0 Å². The molecule has 0 spiro atoms. The van der Waals surface area contributed by atoms with E-state index in [1.807, 2.05) is 54.6 Å². The van der Waals surface area contributed by atoms with Crippen molar-refractivity contribution in [2.75, 3.05) is 4.90 Å². The molecule has 0 saturated carbocycles. The highest BCUT2D eigenvalue weighted by Gasteiger charge is 2.37. The van der Waals surface area contributed by atoms with E-state index in [4.69, 9.17) is 0 Å². The molecule has 2 aromatic heterocycles. The lowest BCUT2D eigenvalue weighted by Gasteiger charge is -2.32. The summed E-state index contributed by atoms with van der Waals surface area (Å²) < 4.78 is 0. The van der Waals surface area contributed by atoms with Crippen LogP contribution >= 0.6 is 22.7 Å². The molecule has 0 aliphatic carbocycles. The molecule has 0 atom stereocenters. The van der Waals surface area contributed by atoms with Gasteiger partial charge in [-0.15, -0.1) is 22.7 Å². The summed E-state index contributed by atoms with van der Waals surface area (Å²) in [7, 11) is 0. The summed E-state index contributed by atoms with van der Waals surface area (Å²) in [5, 5.41) is 1.68. The number of benzene rings is 4. The average molecular weight is 598 g/mol. The van der Waals surface area contributed by atoms with E-state index in [1.165, 1.54) is 25.1 Å². The van der Waals surface area contributed by atoms with Crippen LogP contribution in [0.5, 0.6) is 0 Å². The minimum Gasteiger partial charge on any atom is -0.268 e. The highest BCUT2D eigenvalue weighted by molar-refractivity contribution is 7.25. The summed E-state index contributed by atoms with van der Waals surface area (Å²) in [6, 6.07) is 35.0. The van der Waals surface area contributed by atoms with Crippen LogP contribution in [0.1, 0.15) is 71.4 Å². The predicted octanol–water partition coefficient (Wildman–Crippen LogP) is 11.0. The van der Waals surface area contributed by atoms with Crippen molar-refractivity contribution >= 4 is 50.9 Å². The molecule has 0 bridgehead atoms. The van der Waals surface area contributed by atoms with Gasteiger partial charge in [0.1, 0.15) is 0 Å². The quantitative estimate of drug-likeness (QED) is 0.179. The number of carbonyl (C=O) groups is 2. The van der Waals surface area contributed by atoms with Crippen LogP contribution in [0.3, 0.4) is 0 Å². The number of carbonyl (C=O) groups excluding carboxylic acids is 2. The Labute approximate surface area is 260 Å². The monoisotopic (exact) mass is 597 g/mol. The Kier molecular flexibility index (Phi) is 6.88. The van der Waals surface area contributed by atoms with Crippen LogP contribution < -0.4 is 4.90 Å². The maximum Gasteiger partial charge on any atom is 0.266 e. The Morgan fingerprint density at radius 2 is 1.05 bits per heavy atom. The Morgan fingerprint density at radius 1 is 0.512 bits per heavy atom. The number of hydrogen-bond acceptors (Lipinski definition) is 4. The van der Waals surface area contributed by atoms with Crippen LogP contribution in [0.15, 0.2) is 103 Å². The summed E-state index contributed by atoms with van der Waals surface area (Å²) >= 11 is 3.53. The van der Waals surface area contributed by atoms with Crippen molar-refractivity contribution < 1.29 is 9.59 Å². The Hall–Kier alpha value is -4.32. The van der Waals surface area contributed by atoms with Gasteiger partial charge in [0.05, 0.1) is 5.69 Å². The van der Waals surface area contributed by atoms with Gasteiger partial charge in [-0.1, -0.05) is 94.4 Å². The maximum atomic E-state index is 14.2. The molecule has 6 aromatic rings. The van der Waals surface area contributed by atoms with Gasteiger partial charge in [0.25, 0.3) is 11.8 Å². The zero-order valence-corrected chi connectivity index (χ0v) is 26.2. The minimum absolute atomic E-state index is 0.161. The smallest absolute Gasteiger partial charge is 0.266 e. The highest BCUT2D eigenvalue weighted by Crippen LogP contribution is 2.45. The number of amides is 2. The third-order valence-electron chi connectivity index (χ3n) is 8.25. The van der Waals surface area contributed by atoms with Gasteiger partial charge in [-0.3, -0.25) is 9.59 Å². The molecule has 2 amide bonds. The molecule has 3 heterocycles. The van der Waals surface area contributed by atoms with E-state index < -0.39 is 0 Å². The molecule has 1 aliphatic heterocycles. The van der Waals surface area contributed by atoms with Gasteiger partial charge in [0, 0.05) is 36.0 Å². The van der Waals surface area contributed by atoms with Crippen molar-refractivity contribution in [3.05, 3.63) is 125 Å². The van der Waals surface area contributed by atoms with Crippen LogP contribution in [0.25, 0.3) is 41.4 Å². The van der Waals surface area contributed by atoms with E-state index in [0.29, 0.717) is 11.1 Å². The minimum atomic E-state index is -0.255. The second kappa shape index (κ2) is 10.7. The Morgan fingerprint density at radius 3 is 1.70 bits per heavy atom. The fourth-order valence-electron chi connectivity index (χ4n) is 6.13. The zero-order valence-electron chi connectivity index (χ0n) is 24.5. The zero-order chi connectivity index (χ0) is 29.8. The van der Waals surface area contributed by atoms with E-state index in [-0.39, 0.29) is 23.7 Å². The van der Waals surface area contributed by atoms with E-state index >= 15 is 0 Å². The molecule has 7 rings (SSSR count). The first kappa shape index (κ1) is 27.5. The summed E-state index contributed by atoms with van der Waals surface area (Å²) in [4.78, 5) is 34.7. The molecule has 0 saturated heterocycles. The summed E-state index contributed by atoms with van der Waals surface area (Å²) in [5.74, 6) is -0.189. The van der Waals surface area contributed by atoms with Gasteiger partial charge in [-0.2, -0.15) is 0 Å². The van der Waals surface area contributed by atoms with Crippen molar-refractivity contribution in [1.29, 1.82) is 0 Å². The second-order valence-corrected chi connectivity index (χ2v) is 13.8. The molecule has 0 fully saturated rings. The standard InChI is InChI=1S/C38H31NO2S2/c1-22(2)25-12-8-13-26(23(3)4)36(25)39-37(40)29-15-9-14-28-27(16-17-30(35(28)29)38(39)41)32-19-21-34(43-32)33-20-18-31(42-33)24-10-6-5-7-11-24/h5-23H,1-4H3. The number of rotatable bonds is 6. The van der Waals surface area contributed by atoms with Crippen molar-refractivity contribution in [1.82, 2.24) is 0 Å². The summed E-state index contributed by atoms with van der Waals surface area (Å²) in [6.07, 6.45) is 0. The van der Waals surface area contributed by atoms with Gasteiger partial charge >= 0.3 is 0 Å². The molecule has 43 heavy (non-hydrogen) atoms. The lowest BCUT2D eigenvalue weighted by Crippen LogP contribution is -2.41. The number of hydrogen-bond donors (Lipinski definition) is 0. The molecule has 3 nitrogen and oxygen atoms in total. The van der Waals surface area contributed by atoms with Gasteiger partial charge in [-0.25, -0.2) is 4.90 Å². The molecule has 0 N–H and O–H groups in total. The predicted molar refractivity (Wildman–Crippen MR) is 182 cm³/mol. The van der Waals surface area contributed by atoms with Gasteiger partial charge < -0.3 is 0 Å². The molecular weight excluding hydrogens is 567 g/mol. The van der Waals surface area contributed by atoms with Crippen LogP contribution in [-0.4, -0.2) is 11.8 Å². The molecule has 5 heteroatoms. The second-order valence-electron chi connectivity index (χ2n) is 11.6. The number of thiophene rings is 2. The molecule has 0 radical (unpaired) electrons. The number of imide groups is 1. The first-order chi connectivity index (χ1) is 20.8. The topological polar surface area (TPSA) is 37.4 Å². The molecule has 4 aromatic carbocycles. The van der Waals surface area contributed by atoms with Crippen LogP contribution in [0.4, 0.5) is 5.69 Å². The van der Waals surface area contributed by atoms with Gasteiger partial charge in [0.15, 0.2) is 0 Å². The maximum absolute atomic E-state index is 14.2. The summed E-state index contributed by atoms with van der Waals surface area (Å²) in [5.41, 5.74) is 6.16. The fraction of sp³-hybridized carbons (Fsp3) is 0.158. The first-order valence-corrected chi connectivity index (χ1v) is 16.3. The van der Waals surface area contributed by atoms with Gasteiger partial charge in [0.2, 0.25) is 0 Å². The molecular formula is C38H31NO2S2. The van der Waals surface area contributed by atoms with Crippen LogP contribution in [0, 0.1) is 0 Å². The lowest BCUT2D eigenvalue weighted by atomic mass is 9.87. The largest absolute Gasteiger partial charge is 0.268 e. The number of nitrogens with zero attached hydrogens (tertiary/aromatic N) is 1. The third-order valence-corrected chi connectivity index (χ3v) is 10.7. The molecule has 0 unspecified atom stereocenters. The lowest BCUT2D eigenvalue weighted by molar-refractivity contribution is 0.0893. The van der Waals surface area contributed by atoms with Crippen molar-refractivity contribution in [2.45, 2.75) is 39.5 Å². The Balaban J connectivity index is 1.31. The average Bonchev–Trinajstić information content (AvgIpc) is 3.71. The SMILES string of the molecule is CC(C)c1cccc(C(C)C)c1N1C(=O)c2cccc3c(-c4ccc(-c5ccc(-c6ccccc6)s5)s4)ccc(c23)C1=O. The molecule has 1 aliphatic rings. The third kappa shape index (κ3) is 4.55. The van der Waals surface area contributed by atoms with Crippen LogP contribution in [-0.2, 0) is 0 Å². The van der Waals surface area contributed by atoms with E-state index in [1.54, 1.807) is 22.7 Å². The van der Waals surface area contributed by atoms with E-state index in [0.717, 1.165) is 38.0 Å². The number of para-hydroxylation sites is 1. The van der Waals surface area contributed by atoms with Crippen molar-refractivity contribution in [3.8, 4) is 30.6 Å². The summed E-state index contributed by atoms with van der Waals surface area (Å²) in [6.45, 7) is 8.43.